The number of carbonyl (C=O) groups excluding carboxylic acids is 1. The van der Waals surface area contributed by atoms with Crippen molar-refractivity contribution in [3.05, 3.63) is 45.8 Å². The quantitative estimate of drug-likeness (QED) is 0.881. The first-order valence-electron chi connectivity index (χ1n) is 6.21. The molecular weight excluding hydrogens is 297 g/mol. The summed E-state index contributed by atoms with van der Waals surface area (Å²) < 4.78 is 1.79. The molecule has 0 fully saturated rings. The third kappa shape index (κ3) is 3.74. The number of rotatable bonds is 4. The number of fused-ring (bicyclic) bond motifs is 1. The molecule has 2 rings (SSSR count). The second-order valence-corrected chi connectivity index (χ2v) is 5.58. The molecule has 106 valence electrons. The van der Waals surface area contributed by atoms with Crippen molar-refractivity contribution in [1.82, 2.24) is 14.7 Å². The minimum atomic E-state index is -0.0881. The Morgan fingerprint density at radius 1 is 1.40 bits per heavy atom. The van der Waals surface area contributed by atoms with Crippen molar-refractivity contribution in [3.63, 3.8) is 0 Å². The number of nitrogens with zero attached hydrogens (tertiary/aromatic N) is 2. The van der Waals surface area contributed by atoms with Gasteiger partial charge in [-0.1, -0.05) is 28.8 Å². The SMILES string of the molecule is CC(C)=CC(=O)NCCc1cn2cc(Cl)cc(Cl)c2n1. The lowest BCUT2D eigenvalue weighted by atomic mass is 10.3. The fraction of sp³-hybridized carbons (Fsp3) is 0.286. The van der Waals surface area contributed by atoms with Crippen LogP contribution in [0.2, 0.25) is 10.0 Å². The molecule has 0 aliphatic carbocycles. The van der Waals surface area contributed by atoms with Crippen molar-refractivity contribution in [2.45, 2.75) is 20.3 Å². The number of pyridine rings is 1. The summed E-state index contributed by atoms with van der Waals surface area (Å²) in [6.45, 7) is 4.29. The van der Waals surface area contributed by atoms with Crippen LogP contribution < -0.4 is 5.32 Å². The number of allylic oxidation sites excluding steroid dienone is 1. The Bertz CT molecular complexity index is 672. The maximum Gasteiger partial charge on any atom is 0.243 e. The van der Waals surface area contributed by atoms with Crippen molar-refractivity contribution in [2.75, 3.05) is 6.54 Å². The Kier molecular flexibility index (Phi) is 4.68. The van der Waals surface area contributed by atoms with Gasteiger partial charge in [-0.05, 0) is 19.9 Å². The molecule has 0 saturated carbocycles. The monoisotopic (exact) mass is 311 g/mol. The molecule has 2 heterocycles. The van der Waals surface area contributed by atoms with E-state index in [2.05, 4.69) is 10.3 Å². The third-order valence-electron chi connectivity index (χ3n) is 2.62. The van der Waals surface area contributed by atoms with Crippen molar-refractivity contribution in [3.8, 4) is 0 Å². The van der Waals surface area contributed by atoms with E-state index in [0.29, 0.717) is 28.7 Å². The number of nitrogens with one attached hydrogen (secondary N) is 1. The second-order valence-electron chi connectivity index (χ2n) is 4.73. The topological polar surface area (TPSA) is 46.4 Å². The maximum absolute atomic E-state index is 11.5. The van der Waals surface area contributed by atoms with Crippen LogP contribution in [0, 0.1) is 0 Å². The Morgan fingerprint density at radius 3 is 2.85 bits per heavy atom. The number of carbonyl (C=O) groups is 1. The lowest BCUT2D eigenvalue weighted by Gasteiger charge is -2.00. The molecule has 1 N–H and O–H groups in total. The maximum atomic E-state index is 11.5. The lowest BCUT2D eigenvalue weighted by molar-refractivity contribution is -0.116. The molecule has 0 atom stereocenters. The molecule has 20 heavy (non-hydrogen) atoms. The van der Waals surface area contributed by atoms with E-state index in [1.54, 1.807) is 22.7 Å². The third-order valence-corrected chi connectivity index (χ3v) is 3.11. The van der Waals surface area contributed by atoms with Crippen LogP contribution in [0.4, 0.5) is 0 Å². The van der Waals surface area contributed by atoms with Crippen molar-refractivity contribution in [2.24, 2.45) is 0 Å². The lowest BCUT2D eigenvalue weighted by Crippen LogP contribution is -2.23. The molecule has 0 radical (unpaired) electrons. The van der Waals surface area contributed by atoms with Gasteiger partial charge in [-0.2, -0.15) is 0 Å². The van der Waals surface area contributed by atoms with Crippen molar-refractivity contribution < 1.29 is 4.79 Å². The number of hydrogen-bond acceptors (Lipinski definition) is 2. The molecular formula is C14H15Cl2N3O. The number of amides is 1. The van der Waals surface area contributed by atoms with E-state index in [0.717, 1.165) is 11.3 Å². The van der Waals surface area contributed by atoms with Gasteiger partial charge in [0.05, 0.1) is 15.7 Å². The average molecular weight is 312 g/mol. The van der Waals surface area contributed by atoms with E-state index in [4.69, 9.17) is 23.2 Å². The number of imidazole rings is 1. The highest BCUT2D eigenvalue weighted by Gasteiger charge is 2.07. The first kappa shape index (κ1) is 14.9. The van der Waals surface area contributed by atoms with Gasteiger partial charge in [-0.25, -0.2) is 4.98 Å². The first-order valence-corrected chi connectivity index (χ1v) is 6.96. The van der Waals surface area contributed by atoms with E-state index >= 15 is 0 Å². The van der Waals surface area contributed by atoms with E-state index in [1.165, 1.54) is 0 Å². The van der Waals surface area contributed by atoms with E-state index in [9.17, 15) is 4.79 Å². The highest BCUT2D eigenvalue weighted by atomic mass is 35.5. The fourth-order valence-corrected chi connectivity index (χ4v) is 2.35. The summed E-state index contributed by atoms with van der Waals surface area (Å²) >= 11 is 12.0. The Balaban J connectivity index is 2.02. The van der Waals surface area contributed by atoms with Gasteiger partial charge in [0.1, 0.15) is 0 Å². The van der Waals surface area contributed by atoms with Gasteiger partial charge in [-0.15, -0.1) is 0 Å². The highest BCUT2D eigenvalue weighted by molar-refractivity contribution is 6.36. The molecule has 6 heteroatoms. The van der Waals surface area contributed by atoms with E-state index in [1.807, 2.05) is 20.0 Å². The number of hydrogen-bond donors (Lipinski definition) is 1. The Morgan fingerprint density at radius 2 is 2.15 bits per heavy atom. The summed E-state index contributed by atoms with van der Waals surface area (Å²) in [6.07, 6.45) is 5.82. The fourth-order valence-electron chi connectivity index (χ4n) is 1.82. The molecule has 1 amide bonds. The zero-order valence-corrected chi connectivity index (χ0v) is 12.8. The predicted octanol–water partition coefficient (Wildman–Crippen LogP) is 3.27. The smallest absolute Gasteiger partial charge is 0.243 e. The van der Waals surface area contributed by atoms with E-state index in [-0.39, 0.29) is 5.91 Å². The minimum Gasteiger partial charge on any atom is -0.352 e. The van der Waals surface area contributed by atoms with Crippen molar-refractivity contribution >= 4 is 34.8 Å². The summed E-state index contributed by atoms with van der Waals surface area (Å²) in [4.78, 5) is 15.9. The molecule has 0 aromatic carbocycles. The van der Waals surface area contributed by atoms with Gasteiger partial charge < -0.3 is 9.72 Å². The summed E-state index contributed by atoms with van der Waals surface area (Å²) in [7, 11) is 0. The zero-order valence-electron chi connectivity index (χ0n) is 11.3. The highest BCUT2D eigenvalue weighted by Crippen LogP contribution is 2.21. The van der Waals surface area contributed by atoms with Crippen LogP contribution in [0.3, 0.4) is 0 Å². The predicted molar refractivity (Wildman–Crippen MR) is 81.4 cm³/mol. The van der Waals surface area contributed by atoms with Crippen LogP contribution in [-0.4, -0.2) is 21.8 Å². The number of aromatic nitrogens is 2. The standard InChI is InChI=1S/C14H15Cl2N3O/c1-9(2)5-13(20)17-4-3-11-8-19-7-10(15)6-12(16)14(19)18-11/h5-8H,3-4H2,1-2H3,(H,17,20). The average Bonchev–Trinajstić information content (AvgIpc) is 2.71. The number of halogens is 2. The van der Waals surface area contributed by atoms with Gasteiger partial charge in [0, 0.05) is 31.4 Å². The Labute approximate surface area is 127 Å². The zero-order chi connectivity index (χ0) is 14.7. The van der Waals surface area contributed by atoms with Gasteiger partial charge in [0.2, 0.25) is 5.91 Å². The summed E-state index contributed by atoms with van der Waals surface area (Å²) in [5, 5.41) is 3.88. The van der Waals surface area contributed by atoms with Gasteiger partial charge in [0.25, 0.3) is 0 Å². The molecule has 0 saturated heterocycles. The summed E-state index contributed by atoms with van der Waals surface area (Å²) in [5.41, 5.74) is 2.49. The minimum absolute atomic E-state index is 0.0881. The van der Waals surface area contributed by atoms with Crippen LogP contribution in [-0.2, 0) is 11.2 Å². The second kappa shape index (κ2) is 6.29. The van der Waals surface area contributed by atoms with Crippen LogP contribution in [0.25, 0.3) is 5.65 Å². The van der Waals surface area contributed by atoms with E-state index < -0.39 is 0 Å². The molecule has 0 spiro atoms. The molecule has 0 aliphatic heterocycles. The largest absolute Gasteiger partial charge is 0.352 e. The van der Waals surface area contributed by atoms with Gasteiger partial charge >= 0.3 is 0 Å². The molecule has 0 aliphatic rings. The molecule has 4 nitrogen and oxygen atoms in total. The van der Waals surface area contributed by atoms with Crippen LogP contribution in [0.5, 0.6) is 0 Å². The molecule has 0 bridgehead atoms. The summed E-state index contributed by atoms with van der Waals surface area (Å²) in [6, 6.07) is 1.66. The van der Waals surface area contributed by atoms with Crippen LogP contribution in [0.1, 0.15) is 19.5 Å². The molecule has 2 aromatic rings. The molecule has 0 unspecified atom stereocenters. The Hall–Kier alpha value is -1.52. The summed E-state index contributed by atoms with van der Waals surface area (Å²) in [5.74, 6) is -0.0881. The van der Waals surface area contributed by atoms with Crippen molar-refractivity contribution in [1.29, 1.82) is 0 Å². The van der Waals surface area contributed by atoms with Crippen LogP contribution in [0.15, 0.2) is 30.1 Å². The van der Waals surface area contributed by atoms with Gasteiger partial charge in [0.15, 0.2) is 5.65 Å². The first-order chi connectivity index (χ1) is 9.45. The van der Waals surface area contributed by atoms with Gasteiger partial charge in [-0.3, -0.25) is 4.79 Å². The normalized spacial score (nSPS) is 10.6. The molecule has 2 aromatic heterocycles. The van der Waals surface area contributed by atoms with Crippen LogP contribution >= 0.6 is 23.2 Å².